The molecule has 5 heteroatoms. The van der Waals surface area contributed by atoms with Crippen LogP contribution in [0.3, 0.4) is 0 Å². The minimum Gasteiger partial charge on any atom is -0.376 e. The quantitative estimate of drug-likeness (QED) is 0.743. The van der Waals surface area contributed by atoms with Crippen LogP contribution >= 0.6 is 0 Å². The number of likely N-dealkylation sites (tertiary alicyclic amines) is 1. The van der Waals surface area contributed by atoms with E-state index in [0.717, 1.165) is 32.9 Å². The summed E-state index contributed by atoms with van der Waals surface area (Å²) in [7, 11) is 0. The van der Waals surface area contributed by atoms with Gasteiger partial charge in [-0.25, -0.2) is 0 Å². The average molecular weight is 326 g/mol. The van der Waals surface area contributed by atoms with Crippen LogP contribution in [0.2, 0.25) is 0 Å². The minimum absolute atomic E-state index is 0.352. The summed E-state index contributed by atoms with van der Waals surface area (Å²) in [5, 5.41) is 0. The van der Waals surface area contributed by atoms with Gasteiger partial charge in [0, 0.05) is 45.9 Å². The first kappa shape index (κ1) is 17.6. The van der Waals surface area contributed by atoms with Crippen LogP contribution in [0.4, 0.5) is 0 Å². The van der Waals surface area contributed by atoms with Crippen LogP contribution in [-0.2, 0) is 14.2 Å². The number of morpholine rings is 1. The number of ether oxygens (including phenoxy) is 3. The fraction of sp³-hybridized carbons (Fsp3) is 1.00. The van der Waals surface area contributed by atoms with Gasteiger partial charge in [0.1, 0.15) is 0 Å². The second-order valence-electron chi connectivity index (χ2n) is 7.34. The van der Waals surface area contributed by atoms with Crippen molar-refractivity contribution in [3.8, 4) is 0 Å². The molecule has 3 rings (SSSR count). The standard InChI is InChI=1S/C18H34N2O3/c1-16-14-20(11-13-21-16)10-9-19-7-5-17(6-8-19)23-15-18-4-2-3-12-22-18/h16-18H,2-15H2,1H3/t16-,18+/m1/s1. The highest BCUT2D eigenvalue weighted by atomic mass is 16.5. The molecule has 0 aromatic carbocycles. The predicted molar refractivity (Wildman–Crippen MR) is 90.9 cm³/mol. The van der Waals surface area contributed by atoms with E-state index < -0.39 is 0 Å². The molecule has 3 fully saturated rings. The van der Waals surface area contributed by atoms with E-state index in [1.165, 1.54) is 58.3 Å². The molecule has 2 atom stereocenters. The van der Waals surface area contributed by atoms with Gasteiger partial charge in [0.05, 0.1) is 31.5 Å². The van der Waals surface area contributed by atoms with E-state index >= 15 is 0 Å². The number of hydrogen-bond acceptors (Lipinski definition) is 5. The maximum atomic E-state index is 6.10. The lowest BCUT2D eigenvalue weighted by atomic mass is 10.1. The molecule has 3 saturated heterocycles. The number of nitrogens with zero attached hydrogens (tertiary/aromatic N) is 2. The van der Waals surface area contributed by atoms with Crippen LogP contribution in [0.25, 0.3) is 0 Å². The molecule has 0 aromatic heterocycles. The van der Waals surface area contributed by atoms with Gasteiger partial charge in [0.25, 0.3) is 0 Å². The van der Waals surface area contributed by atoms with Crippen molar-refractivity contribution in [1.82, 2.24) is 9.80 Å². The fourth-order valence-corrected chi connectivity index (χ4v) is 3.86. The summed E-state index contributed by atoms with van der Waals surface area (Å²) >= 11 is 0. The summed E-state index contributed by atoms with van der Waals surface area (Å²) in [6.45, 7) is 11.7. The van der Waals surface area contributed by atoms with Crippen molar-refractivity contribution in [2.24, 2.45) is 0 Å². The highest BCUT2D eigenvalue weighted by Gasteiger charge is 2.23. The van der Waals surface area contributed by atoms with Crippen LogP contribution < -0.4 is 0 Å². The average Bonchev–Trinajstić information content (AvgIpc) is 2.60. The number of hydrogen-bond donors (Lipinski definition) is 0. The highest BCUT2D eigenvalue weighted by Crippen LogP contribution is 2.18. The van der Waals surface area contributed by atoms with E-state index in [0.29, 0.717) is 18.3 Å². The molecule has 0 amide bonds. The zero-order chi connectivity index (χ0) is 15.9. The largest absolute Gasteiger partial charge is 0.376 e. The van der Waals surface area contributed by atoms with Gasteiger partial charge >= 0.3 is 0 Å². The third-order valence-corrected chi connectivity index (χ3v) is 5.38. The Labute approximate surface area is 141 Å². The molecular formula is C18H34N2O3. The normalized spacial score (nSPS) is 32.2. The zero-order valence-corrected chi connectivity index (χ0v) is 14.8. The van der Waals surface area contributed by atoms with Crippen LogP contribution in [0.15, 0.2) is 0 Å². The summed E-state index contributed by atoms with van der Waals surface area (Å²) in [6, 6.07) is 0. The van der Waals surface area contributed by atoms with E-state index in [2.05, 4.69) is 16.7 Å². The molecule has 0 aromatic rings. The van der Waals surface area contributed by atoms with Gasteiger partial charge in [-0.2, -0.15) is 0 Å². The second kappa shape index (κ2) is 9.33. The Hall–Kier alpha value is -0.200. The van der Waals surface area contributed by atoms with Crippen LogP contribution in [0.1, 0.15) is 39.0 Å². The molecule has 0 radical (unpaired) electrons. The first-order chi connectivity index (χ1) is 11.3. The third-order valence-electron chi connectivity index (χ3n) is 5.38. The topological polar surface area (TPSA) is 34.2 Å². The Morgan fingerprint density at radius 1 is 0.913 bits per heavy atom. The molecule has 0 saturated carbocycles. The summed E-state index contributed by atoms with van der Waals surface area (Å²) in [5.74, 6) is 0. The third kappa shape index (κ3) is 5.98. The van der Waals surface area contributed by atoms with E-state index in [1.807, 2.05) is 0 Å². The smallest absolute Gasteiger partial charge is 0.0808 e. The van der Waals surface area contributed by atoms with Crippen LogP contribution in [-0.4, -0.2) is 87.2 Å². The van der Waals surface area contributed by atoms with Gasteiger partial charge in [-0.15, -0.1) is 0 Å². The van der Waals surface area contributed by atoms with E-state index in [9.17, 15) is 0 Å². The monoisotopic (exact) mass is 326 g/mol. The van der Waals surface area contributed by atoms with Crippen molar-refractivity contribution in [1.29, 1.82) is 0 Å². The van der Waals surface area contributed by atoms with Crippen molar-refractivity contribution in [2.75, 3.05) is 59.1 Å². The van der Waals surface area contributed by atoms with Crippen LogP contribution in [0.5, 0.6) is 0 Å². The highest BCUT2D eigenvalue weighted by molar-refractivity contribution is 4.76. The Kier molecular flexibility index (Phi) is 7.14. The van der Waals surface area contributed by atoms with Gasteiger partial charge in [0.2, 0.25) is 0 Å². The van der Waals surface area contributed by atoms with Gasteiger partial charge in [-0.05, 0) is 39.0 Å². The Bertz CT molecular complexity index is 328. The van der Waals surface area contributed by atoms with Crippen molar-refractivity contribution in [3.05, 3.63) is 0 Å². The number of rotatable bonds is 6. The lowest BCUT2D eigenvalue weighted by Crippen LogP contribution is -2.46. The van der Waals surface area contributed by atoms with Crippen LogP contribution in [0, 0.1) is 0 Å². The molecule has 3 heterocycles. The SMILES string of the molecule is C[C@@H]1CN(CCN2CCC(OC[C@@H]3CCCCO3)CC2)CCO1. The van der Waals surface area contributed by atoms with E-state index in [4.69, 9.17) is 14.2 Å². The summed E-state index contributed by atoms with van der Waals surface area (Å²) in [4.78, 5) is 5.13. The van der Waals surface area contributed by atoms with Crippen molar-refractivity contribution in [3.63, 3.8) is 0 Å². The molecule has 0 aliphatic carbocycles. The van der Waals surface area contributed by atoms with Gasteiger partial charge in [0.15, 0.2) is 0 Å². The Morgan fingerprint density at radius 3 is 2.48 bits per heavy atom. The molecule has 0 spiro atoms. The Balaban J connectivity index is 1.26. The van der Waals surface area contributed by atoms with E-state index in [1.54, 1.807) is 0 Å². The van der Waals surface area contributed by atoms with Crippen molar-refractivity contribution >= 4 is 0 Å². The van der Waals surface area contributed by atoms with Gasteiger partial charge in [-0.1, -0.05) is 0 Å². The van der Waals surface area contributed by atoms with Crippen molar-refractivity contribution < 1.29 is 14.2 Å². The molecule has 5 nitrogen and oxygen atoms in total. The lowest BCUT2D eigenvalue weighted by molar-refractivity contribution is -0.0757. The Morgan fingerprint density at radius 2 is 1.74 bits per heavy atom. The fourth-order valence-electron chi connectivity index (χ4n) is 3.86. The van der Waals surface area contributed by atoms with E-state index in [-0.39, 0.29) is 0 Å². The molecule has 0 N–H and O–H groups in total. The molecule has 3 aliphatic rings. The number of piperidine rings is 1. The maximum absolute atomic E-state index is 6.10. The maximum Gasteiger partial charge on any atom is 0.0808 e. The van der Waals surface area contributed by atoms with Crippen molar-refractivity contribution in [2.45, 2.75) is 57.3 Å². The summed E-state index contributed by atoms with van der Waals surface area (Å²) in [6.07, 6.45) is 7.23. The zero-order valence-electron chi connectivity index (χ0n) is 14.8. The molecular weight excluding hydrogens is 292 g/mol. The summed E-state index contributed by atoms with van der Waals surface area (Å²) < 4.78 is 17.5. The molecule has 134 valence electrons. The predicted octanol–water partition coefficient (Wildman–Crippen LogP) is 1.76. The lowest BCUT2D eigenvalue weighted by Gasteiger charge is -2.36. The molecule has 3 aliphatic heterocycles. The second-order valence-corrected chi connectivity index (χ2v) is 7.34. The first-order valence-corrected chi connectivity index (χ1v) is 9.59. The first-order valence-electron chi connectivity index (χ1n) is 9.59. The summed E-state index contributed by atoms with van der Waals surface area (Å²) in [5.41, 5.74) is 0. The molecule has 23 heavy (non-hydrogen) atoms. The van der Waals surface area contributed by atoms with Gasteiger partial charge in [-0.3, -0.25) is 4.90 Å². The minimum atomic E-state index is 0.352. The molecule has 0 unspecified atom stereocenters. The molecule has 0 bridgehead atoms. The van der Waals surface area contributed by atoms with Gasteiger partial charge < -0.3 is 19.1 Å².